The van der Waals surface area contributed by atoms with Crippen LogP contribution in [-0.4, -0.2) is 18.9 Å². The Morgan fingerprint density at radius 1 is 0.957 bits per heavy atom. The highest BCUT2D eigenvalue weighted by Crippen LogP contribution is 2.15. The van der Waals surface area contributed by atoms with Gasteiger partial charge in [-0.1, -0.05) is 15.9 Å². The summed E-state index contributed by atoms with van der Waals surface area (Å²) in [5.74, 6) is 0.139. The standard InChI is InChI=1S/C18H15BrO4/c1-12(11-17(20)13-3-7-15(19)8-4-13)23-18(21)14-5-9-16(22-2)10-6-14/h3-11H,1-2H3/b12-11+. The van der Waals surface area contributed by atoms with E-state index in [0.717, 1.165) is 4.47 Å². The minimum Gasteiger partial charge on any atom is -0.497 e. The zero-order chi connectivity index (χ0) is 16.8. The van der Waals surface area contributed by atoms with Crippen molar-refractivity contribution in [3.63, 3.8) is 0 Å². The lowest BCUT2D eigenvalue weighted by atomic mass is 10.1. The molecule has 0 fully saturated rings. The highest BCUT2D eigenvalue weighted by Gasteiger charge is 2.10. The van der Waals surface area contributed by atoms with E-state index >= 15 is 0 Å². The first-order chi connectivity index (χ1) is 11.0. The largest absolute Gasteiger partial charge is 0.497 e. The molecular weight excluding hydrogens is 360 g/mol. The van der Waals surface area contributed by atoms with Crippen molar-refractivity contribution in [1.29, 1.82) is 0 Å². The molecule has 5 heteroatoms. The number of rotatable bonds is 5. The van der Waals surface area contributed by atoms with Gasteiger partial charge in [0.2, 0.25) is 0 Å². The van der Waals surface area contributed by atoms with Gasteiger partial charge in [-0.2, -0.15) is 0 Å². The number of esters is 1. The smallest absolute Gasteiger partial charge is 0.343 e. The Kier molecular flexibility index (Phi) is 5.71. The minimum absolute atomic E-state index is 0.225. The van der Waals surface area contributed by atoms with Crippen molar-refractivity contribution in [1.82, 2.24) is 0 Å². The second kappa shape index (κ2) is 7.74. The third-order valence-corrected chi connectivity index (χ3v) is 3.57. The summed E-state index contributed by atoms with van der Waals surface area (Å²) >= 11 is 3.31. The molecule has 23 heavy (non-hydrogen) atoms. The van der Waals surface area contributed by atoms with Gasteiger partial charge in [0.05, 0.1) is 12.7 Å². The molecule has 0 saturated carbocycles. The van der Waals surface area contributed by atoms with Crippen LogP contribution >= 0.6 is 15.9 Å². The summed E-state index contributed by atoms with van der Waals surface area (Å²) in [6.07, 6.45) is 1.30. The molecule has 0 N–H and O–H groups in total. The second-order valence-corrected chi connectivity index (χ2v) is 5.66. The van der Waals surface area contributed by atoms with Crippen LogP contribution < -0.4 is 4.74 Å². The fourth-order valence-electron chi connectivity index (χ4n) is 1.84. The summed E-state index contributed by atoms with van der Waals surface area (Å²) in [6, 6.07) is 13.5. The molecule has 0 aromatic heterocycles. The molecule has 0 radical (unpaired) electrons. The fraction of sp³-hybridized carbons (Fsp3) is 0.111. The van der Waals surface area contributed by atoms with Crippen molar-refractivity contribution in [2.75, 3.05) is 7.11 Å². The van der Waals surface area contributed by atoms with Crippen LogP contribution in [0.4, 0.5) is 0 Å². The molecule has 2 aromatic carbocycles. The van der Waals surface area contributed by atoms with Gasteiger partial charge in [0.1, 0.15) is 11.5 Å². The molecule has 0 atom stereocenters. The van der Waals surface area contributed by atoms with Crippen LogP contribution in [0, 0.1) is 0 Å². The lowest BCUT2D eigenvalue weighted by Gasteiger charge is -2.05. The van der Waals surface area contributed by atoms with E-state index in [2.05, 4.69) is 15.9 Å². The molecule has 4 nitrogen and oxygen atoms in total. The summed E-state index contributed by atoms with van der Waals surface area (Å²) in [7, 11) is 1.55. The van der Waals surface area contributed by atoms with Gasteiger partial charge in [-0.25, -0.2) is 4.79 Å². The zero-order valence-electron chi connectivity index (χ0n) is 12.7. The number of allylic oxidation sites excluding steroid dienone is 2. The number of ketones is 1. The summed E-state index contributed by atoms with van der Waals surface area (Å²) in [5.41, 5.74) is 0.905. The van der Waals surface area contributed by atoms with Crippen LogP contribution in [0.3, 0.4) is 0 Å². The lowest BCUT2D eigenvalue weighted by Crippen LogP contribution is -2.05. The Labute approximate surface area is 142 Å². The number of ether oxygens (including phenoxy) is 2. The molecule has 0 saturated heterocycles. The van der Waals surface area contributed by atoms with Crippen molar-refractivity contribution < 1.29 is 19.1 Å². The quantitative estimate of drug-likeness (QED) is 0.336. The molecule has 0 aliphatic rings. The summed E-state index contributed by atoms with van der Waals surface area (Å²) in [4.78, 5) is 24.1. The van der Waals surface area contributed by atoms with Gasteiger partial charge in [-0.3, -0.25) is 4.79 Å². The van der Waals surface area contributed by atoms with Gasteiger partial charge in [-0.05, 0) is 55.5 Å². The number of hydrogen-bond acceptors (Lipinski definition) is 4. The molecule has 0 aliphatic carbocycles. The molecular formula is C18H15BrO4. The first-order valence-corrected chi connectivity index (χ1v) is 7.63. The molecule has 0 unspecified atom stereocenters. The number of halogens is 1. The minimum atomic E-state index is -0.523. The predicted octanol–water partition coefficient (Wildman–Crippen LogP) is 4.40. The van der Waals surface area contributed by atoms with E-state index in [1.165, 1.54) is 6.08 Å². The van der Waals surface area contributed by atoms with E-state index in [0.29, 0.717) is 16.9 Å². The first kappa shape index (κ1) is 17.0. The maximum Gasteiger partial charge on any atom is 0.343 e. The molecule has 2 aromatic rings. The van der Waals surface area contributed by atoms with Crippen molar-refractivity contribution in [2.24, 2.45) is 0 Å². The van der Waals surface area contributed by atoms with Gasteiger partial charge in [0, 0.05) is 16.1 Å². The van der Waals surface area contributed by atoms with Crippen LogP contribution in [0.25, 0.3) is 0 Å². The predicted molar refractivity (Wildman–Crippen MR) is 90.6 cm³/mol. The average molecular weight is 375 g/mol. The summed E-state index contributed by atoms with van der Waals surface area (Å²) in [5, 5.41) is 0. The maximum atomic E-state index is 12.1. The van der Waals surface area contributed by atoms with Crippen LogP contribution in [-0.2, 0) is 4.74 Å². The highest BCUT2D eigenvalue weighted by atomic mass is 79.9. The summed E-state index contributed by atoms with van der Waals surface area (Å²) < 4.78 is 11.1. The first-order valence-electron chi connectivity index (χ1n) is 6.84. The molecule has 0 spiro atoms. The van der Waals surface area contributed by atoms with Gasteiger partial charge in [0.15, 0.2) is 5.78 Å². The molecule has 0 bridgehead atoms. The maximum absolute atomic E-state index is 12.1. The Morgan fingerprint density at radius 3 is 2.09 bits per heavy atom. The van der Waals surface area contributed by atoms with Gasteiger partial charge >= 0.3 is 5.97 Å². The lowest BCUT2D eigenvalue weighted by molar-refractivity contribution is 0.0625. The van der Waals surface area contributed by atoms with Gasteiger partial charge in [-0.15, -0.1) is 0 Å². The number of carbonyl (C=O) groups excluding carboxylic acids is 2. The Balaban J connectivity index is 2.04. The van der Waals surface area contributed by atoms with Crippen molar-refractivity contribution in [3.05, 3.63) is 76.0 Å². The third kappa shape index (κ3) is 4.79. The molecule has 0 amide bonds. The van der Waals surface area contributed by atoms with E-state index in [-0.39, 0.29) is 11.5 Å². The van der Waals surface area contributed by atoms with Crippen LogP contribution in [0.2, 0.25) is 0 Å². The molecule has 0 heterocycles. The Bertz CT molecular complexity index is 731. The van der Waals surface area contributed by atoms with E-state index in [1.807, 2.05) is 0 Å². The molecule has 0 aliphatic heterocycles. The Morgan fingerprint density at radius 2 is 1.52 bits per heavy atom. The number of methoxy groups -OCH3 is 1. The van der Waals surface area contributed by atoms with Crippen LogP contribution in [0.15, 0.2) is 64.8 Å². The SMILES string of the molecule is COc1ccc(C(=O)O/C(C)=C/C(=O)c2ccc(Br)cc2)cc1. The van der Waals surface area contributed by atoms with E-state index in [1.54, 1.807) is 62.6 Å². The zero-order valence-corrected chi connectivity index (χ0v) is 14.3. The van der Waals surface area contributed by atoms with Crippen molar-refractivity contribution in [3.8, 4) is 5.75 Å². The highest BCUT2D eigenvalue weighted by molar-refractivity contribution is 9.10. The van der Waals surface area contributed by atoms with E-state index in [9.17, 15) is 9.59 Å². The monoisotopic (exact) mass is 374 g/mol. The van der Waals surface area contributed by atoms with E-state index in [4.69, 9.17) is 9.47 Å². The van der Waals surface area contributed by atoms with Gasteiger partial charge in [0.25, 0.3) is 0 Å². The average Bonchev–Trinajstić information content (AvgIpc) is 2.55. The number of benzene rings is 2. The number of hydrogen-bond donors (Lipinski definition) is 0. The normalized spacial score (nSPS) is 11.0. The van der Waals surface area contributed by atoms with Crippen molar-refractivity contribution in [2.45, 2.75) is 6.92 Å². The summed E-state index contributed by atoms with van der Waals surface area (Å²) in [6.45, 7) is 1.57. The Hall–Kier alpha value is -2.40. The number of carbonyl (C=O) groups is 2. The van der Waals surface area contributed by atoms with Crippen LogP contribution in [0.5, 0.6) is 5.75 Å². The molecule has 118 valence electrons. The molecule has 2 rings (SSSR count). The topological polar surface area (TPSA) is 52.6 Å². The third-order valence-electron chi connectivity index (χ3n) is 3.04. The van der Waals surface area contributed by atoms with Gasteiger partial charge < -0.3 is 9.47 Å². The van der Waals surface area contributed by atoms with E-state index < -0.39 is 5.97 Å². The van der Waals surface area contributed by atoms with Crippen molar-refractivity contribution >= 4 is 27.7 Å². The fourth-order valence-corrected chi connectivity index (χ4v) is 2.11. The second-order valence-electron chi connectivity index (χ2n) is 4.74. The van der Waals surface area contributed by atoms with Crippen LogP contribution in [0.1, 0.15) is 27.6 Å².